The van der Waals surface area contributed by atoms with Gasteiger partial charge in [-0.1, -0.05) is 41.6 Å². The topological polar surface area (TPSA) is 20.3 Å². The molecule has 4 heteroatoms. The summed E-state index contributed by atoms with van der Waals surface area (Å²) in [5.74, 6) is 0.622. The van der Waals surface area contributed by atoms with Gasteiger partial charge in [0.05, 0.1) is 0 Å². The number of thioether (sulfide) groups is 1. The van der Waals surface area contributed by atoms with Gasteiger partial charge in [-0.25, -0.2) is 0 Å². The van der Waals surface area contributed by atoms with Crippen LogP contribution in [0.4, 0.5) is 4.79 Å². The minimum atomic E-state index is 0.0462. The lowest BCUT2D eigenvalue weighted by molar-refractivity contribution is 0.241. The molecule has 0 atom stereocenters. The third-order valence-corrected chi connectivity index (χ3v) is 3.11. The summed E-state index contributed by atoms with van der Waals surface area (Å²) in [6.07, 6.45) is 0. The maximum absolute atomic E-state index is 11.3. The number of benzene rings is 1. The third-order valence-electron chi connectivity index (χ3n) is 1.67. The highest BCUT2D eigenvalue weighted by Crippen LogP contribution is 2.21. The van der Waals surface area contributed by atoms with E-state index in [0.29, 0.717) is 10.8 Å². The van der Waals surface area contributed by atoms with Crippen molar-refractivity contribution in [1.82, 2.24) is 4.90 Å². The summed E-state index contributed by atoms with van der Waals surface area (Å²) in [6, 6.07) is 7.56. The molecular formula is C10H12ClNOS. The summed E-state index contributed by atoms with van der Waals surface area (Å²) in [6.45, 7) is 0. The van der Waals surface area contributed by atoms with Gasteiger partial charge in [0, 0.05) is 24.9 Å². The Hall–Kier alpha value is -0.670. The fourth-order valence-electron chi connectivity index (χ4n) is 0.884. The Morgan fingerprint density at radius 3 is 2.64 bits per heavy atom. The lowest BCUT2D eigenvalue weighted by atomic mass is 10.2. The highest BCUT2D eigenvalue weighted by atomic mass is 35.5. The van der Waals surface area contributed by atoms with Gasteiger partial charge >= 0.3 is 0 Å². The molecule has 0 aliphatic heterocycles. The monoisotopic (exact) mass is 229 g/mol. The molecule has 14 heavy (non-hydrogen) atoms. The SMILES string of the molecule is CN(C)C(=O)SCc1ccccc1Cl. The summed E-state index contributed by atoms with van der Waals surface area (Å²) in [4.78, 5) is 12.8. The van der Waals surface area contributed by atoms with E-state index in [1.54, 1.807) is 19.0 Å². The highest BCUT2D eigenvalue weighted by molar-refractivity contribution is 8.12. The van der Waals surface area contributed by atoms with Gasteiger partial charge in [0.15, 0.2) is 0 Å². The number of hydrogen-bond donors (Lipinski definition) is 0. The van der Waals surface area contributed by atoms with Gasteiger partial charge in [0.25, 0.3) is 5.24 Å². The van der Waals surface area contributed by atoms with Crippen molar-refractivity contribution in [1.29, 1.82) is 0 Å². The van der Waals surface area contributed by atoms with Gasteiger partial charge < -0.3 is 4.90 Å². The number of carbonyl (C=O) groups excluding carboxylic acids is 1. The van der Waals surface area contributed by atoms with Crippen LogP contribution < -0.4 is 0 Å². The van der Waals surface area contributed by atoms with Crippen LogP contribution in [0.2, 0.25) is 5.02 Å². The Morgan fingerprint density at radius 1 is 1.43 bits per heavy atom. The van der Waals surface area contributed by atoms with Crippen molar-refractivity contribution in [3.8, 4) is 0 Å². The van der Waals surface area contributed by atoms with Crippen LogP contribution in [0.15, 0.2) is 24.3 Å². The van der Waals surface area contributed by atoms with Crippen molar-refractivity contribution < 1.29 is 4.79 Å². The van der Waals surface area contributed by atoms with Crippen LogP contribution in [0, 0.1) is 0 Å². The molecular weight excluding hydrogens is 218 g/mol. The average molecular weight is 230 g/mol. The van der Waals surface area contributed by atoms with Crippen LogP contribution >= 0.6 is 23.4 Å². The van der Waals surface area contributed by atoms with Crippen molar-refractivity contribution in [3.63, 3.8) is 0 Å². The third kappa shape index (κ3) is 3.24. The van der Waals surface area contributed by atoms with Gasteiger partial charge in [-0.2, -0.15) is 0 Å². The molecule has 1 aromatic rings. The van der Waals surface area contributed by atoms with Gasteiger partial charge in [-0.15, -0.1) is 0 Å². The van der Waals surface area contributed by atoms with E-state index in [9.17, 15) is 4.79 Å². The molecule has 0 saturated carbocycles. The molecule has 0 fully saturated rings. The summed E-state index contributed by atoms with van der Waals surface area (Å²) < 4.78 is 0. The molecule has 0 N–H and O–H groups in total. The van der Waals surface area contributed by atoms with Crippen LogP contribution in [0.5, 0.6) is 0 Å². The van der Waals surface area contributed by atoms with E-state index in [4.69, 9.17) is 11.6 Å². The zero-order valence-corrected chi connectivity index (χ0v) is 9.73. The zero-order valence-electron chi connectivity index (χ0n) is 8.16. The maximum atomic E-state index is 11.3. The Kier molecular flexibility index (Phi) is 4.29. The number of rotatable bonds is 2. The molecule has 0 aliphatic carbocycles. The first-order valence-electron chi connectivity index (χ1n) is 4.18. The second kappa shape index (κ2) is 5.27. The summed E-state index contributed by atoms with van der Waals surface area (Å²) >= 11 is 7.20. The second-order valence-corrected chi connectivity index (χ2v) is 4.37. The van der Waals surface area contributed by atoms with Gasteiger partial charge in [-0.05, 0) is 11.6 Å². The number of nitrogens with zero attached hydrogens (tertiary/aromatic N) is 1. The van der Waals surface area contributed by atoms with Crippen molar-refractivity contribution in [3.05, 3.63) is 34.9 Å². The van der Waals surface area contributed by atoms with Crippen LogP contribution in [0.1, 0.15) is 5.56 Å². The lowest BCUT2D eigenvalue weighted by Crippen LogP contribution is -2.16. The quantitative estimate of drug-likeness (QED) is 0.776. The minimum absolute atomic E-state index is 0.0462. The number of amides is 1. The van der Waals surface area contributed by atoms with Crippen molar-refractivity contribution in [2.24, 2.45) is 0 Å². The fraction of sp³-hybridized carbons (Fsp3) is 0.300. The average Bonchev–Trinajstić information content (AvgIpc) is 2.16. The molecule has 76 valence electrons. The Morgan fingerprint density at radius 2 is 2.07 bits per heavy atom. The first-order chi connectivity index (χ1) is 6.61. The predicted octanol–water partition coefficient (Wildman–Crippen LogP) is 3.25. The molecule has 2 nitrogen and oxygen atoms in total. The molecule has 0 aromatic heterocycles. The molecule has 0 heterocycles. The number of hydrogen-bond acceptors (Lipinski definition) is 2. The largest absolute Gasteiger partial charge is 0.340 e. The molecule has 1 amide bonds. The van der Waals surface area contributed by atoms with Crippen LogP contribution in [-0.4, -0.2) is 24.2 Å². The molecule has 0 aliphatic rings. The summed E-state index contributed by atoms with van der Waals surface area (Å²) in [5, 5.41) is 0.761. The summed E-state index contributed by atoms with van der Waals surface area (Å²) in [5.41, 5.74) is 0.995. The van der Waals surface area contributed by atoms with Gasteiger partial charge in [0.1, 0.15) is 0 Å². The van der Waals surface area contributed by atoms with E-state index in [1.165, 1.54) is 11.8 Å². The Labute approximate surface area is 93.2 Å². The van der Waals surface area contributed by atoms with Crippen LogP contribution in [0.3, 0.4) is 0 Å². The second-order valence-electron chi connectivity index (χ2n) is 3.04. The van der Waals surface area contributed by atoms with Crippen molar-refractivity contribution in [2.45, 2.75) is 5.75 Å². The molecule has 1 aromatic carbocycles. The first-order valence-corrected chi connectivity index (χ1v) is 5.55. The van der Waals surface area contributed by atoms with E-state index in [2.05, 4.69) is 0 Å². The smallest absolute Gasteiger partial charge is 0.281 e. The maximum Gasteiger partial charge on any atom is 0.281 e. The van der Waals surface area contributed by atoms with Crippen molar-refractivity contribution >= 4 is 28.6 Å². The first kappa shape index (κ1) is 11.4. The van der Waals surface area contributed by atoms with Crippen LogP contribution in [-0.2, 0) is 5.75 Å². The Balaban J connectivity index is 2.54. The standard InChI is InChI=1S/C10H12ClNOS/c1-12(2)10(13)14-7-8-5-3-4-6-9(8)11/h3-6H,7H2,1-2H3. The summed E-state index contributed by atoms with van der Waals surface area (Å²) in [7, 11) is 3.48. The lowest BCUT2D eigenvalue weighted by Gasteiger charge is -2.09. The van der Waals surface area contributed by atoms with E-state index in [1.807, 2.05) is 24.3 Å². The minimum Gasteiger partial charge on any atom is -0.340 e. The Bertz CT molecular complexity index is 328. The molecule has 0 spiro atoms. The van der Waals surface area contributed by atoms with E-state index in [-0.39, 0.29) is 5.24 Å². The van der Waals surface area contributed by atoms with Crippen molar-refractivity contribution in [2.75, 3.05) is 14.1 Å². The van der Waals surface area contributed by atoms with E-state index >= 15 is 0 Å². The van der Waals surface area contributed by atoms with Gasteiger partial charge in [-0.3, -0.25) is 4.79 Å². The normalized spacial score (nSPS) is 9.93. The number of halogens is 1. The van der Waals surface area contributed by atoms with Crippen LogP contribution in [0.25, 0.3) is 0 Å². The van der Waals surface area contributed by atoms with E-state index < -0.39 is 0 Å². The molecule has 0 unspecified atom stereocenters. The molecule has 0 saturated heterocycles. The molecule has 0 radical (unpaired) electrons. The number of carbonyl (C=O) groups is 1. The molecule has 1 rings (SSSR count). The highest BCUT2D eigenvalue weighted by Gasteiger charge is 2.06. The van der Waals surface area contributed by atoms with E-state index in [0.717, 1.165) is 5.56 Å². The fourth-order valence-corrected chi connectivity index (χ4v) is 1.95. The van der Waals surface area contributed by atoms with Gasteiger partial charge in [0.2, 0.25) is 0 Å². The predicted molar refractivity (Wildman–Crippen MR) is 61.8 cm³/mol. The zero-order chi connectivity index (χ0) is 10.6. The molecule has 0 bridgehead atoms.